The maximum Gasteiger partial charge on any atom is 0.416 e. The first-order valence-electron chi connectivity index (χ1n) is 11.3. The number of amides is 1. The van der Waals surface area contributed by atoms with E-state index >= 15 is 0 Å². The van der Waals surface area contributed by atoms with Crippen molar-refractivity contribution in [3.05, 3.63) is 66.9 Å². The van der Waals surface area contributed by atoms with Gasteiger partial charge in [0.1, 0.15) is 11.2 Å². The van der Waals surface area contributed by atoms with Crippen LogP contribution in [0.2, 0.25) is 0 Å². The fourth-order valence-electron chi connectivity index (χ4n) is 4.28. The third-order valence-corrected chi connectivity index (χ3v) is 6.24. The predicted octanol–water partition coefficient (Wildman–Crippen LogP) is 5.43. The Balaban J connectivity index is 1.63. The molecule has 1 aromatic carbocycles. The number of benzene rings is 1. The first-order chi connectivity index (χ1) is 17.0. The Hall–Kier alpha value is -4.02. The smallest absolute Gasteiger partial charge is 0.332 e. The van der Waals surface area contributed by atoms with E-state index in [1.807, 2.05) is 30.8 Å². The van der Waals surface area contributed by atoms with Gasteiger partial charge in [-0.1, -0.05) is 18.7 Å². The number of alkyl halides is 3. The topological polar surface area (TPSA) is 68.8 Å². The maximum atomic E-state index is 13.3. The molecule has 5 rings (SSSR count). The van der Waals surface area contributed by atoms with Crippen LogP contribution < -0.4 is 0 Å². The van der Waals surface area contributed by atoms with Gasteiger partial charge in [0.2, 0.25) is 0 Å². The van der Waals surface area contributed by atoms with Crippen LogP contribution in [0.15, 0.2) is 61.3 Å². The summed E-state index contributed by atoms with van der Waals surface area (Å²) in [6.07, 6.45) is 0.795. The van der Waals surface area contributed by atoms with Crippen molar-refractivity contribution >= 4 is 16.9 Å². The fourth-order valence-corrected chi connectivity index (χ4v) is 4.28. The zero-order valence-electron chi connectivity index (χ0n) is 19.5. The number of hydrogen-bond acceptors (Lipinski definition) is 4. The number of hydrogen-bond donors (Lipinski definition) is 0. The molecule has 0 aliphatic carbocycles. The van der Waals surface area contributed by atoms with E-state index in [9.17, 15) is 22.4 Å². The molecule has 1 aliphatic rings. The van der Waals surface area contributed by atoms with Gasteiger partial charge in [0.05, 0.1) is 23.3 Å². The van der Waals surface area contributed by atoms with Crippen LogP contribution in [0.4, 0.5) is 17.6 Å². The lowest BCUT2D eigenvalue weighted by atomic mass is 10.0. The molecule has 0 atom stereocenters. The second kappa shape index (κ2) is 8.58. The largest absolute Gasteiger partial charge is 0.416 e. The lowest BCUT2D eigenvalue weighted by Gasteiger charge is -2.39. The highest BCUT2D eigenvalue weighted by Gasteiger charge is 2.36. The normalized spacial score (nSPS) is 14.5. The Morgan fingerprint density at radius 3 is 2.39 bits per heavy atom. The molecule has 0 unspecified atom stereocenters. The van der Waals surface area contributed by atoms with E-state index in [1.54, 1.807) is 17.1 Å². The molecule has 186 valence electrons. The molecule has 0 spiro atoms. The van der Waals surface area contributed by atoms with Crippen LogP contribution in [0.3, 0.4) is 0 Å². The van der Waals surface area contributed by atoms with Gasteiger partial charge in [-0.05, 0) is 32.0 Å². The summed E-state index contributed by atoms with van der Waals surface area (Å²) in [5, 5.41) is 9.15. The molecule has 0 saturated carbocycles. The SMILES string of the molecule is C=C(F)C(=O)N1CC(n2nc(-c3ccc(C(F)(F)F)cc3)c3nccc(-c4cnn(C(C)C)c4)c32)C1. The molecular formula is C25H22F4N6O. The molecule has 4 aromatic rings. The van der Waals surface area contributed by atoms with Crippen molar-refractivity contribution in [1.82, 2.24) is 29.4 Å². The number of pyridine rings is 1. The van der Waals surface area contributed by atoms with Crippen molar-refractivity contribution in [2.75, 3.05) is 13.1 Å². The molecule has 0 radical (unpaired) electrons. The van der Waals surface area contributed by atoms with E-state index in [2.05, 4.69) is 16.7 Å². The Morgan fingerprint density at radius 1 is 1.11 bits per heavy atom. The van der Waals surface area contributed by atoms with Gasteiger partial charge in [-0.15, -0.1) is 0 Å². The van der Waals surface area contributed by atoms with Crippen LogP contribution >= 0.6 is 0 Å². The Bertz CT molecular complexity index is 1460. The maximum absolute atomic E-state index is 13.3. The highest BCUT2D eigenvalue weighted by Crippen LogP contribution is 2.38. The molecule has 0 bridgehead atoms. The quantitative estimate of drug-likeness (QED) is 0.272. The number of nitrogens with zero attached hydrogens (tertiary/aromatic N) is 6. The summed E-state index contributed by atoms with van der Waals surface area (Å²) < 4.78 is 56.1. The lowest BCUT2D eigenvalue weighted by Crippen LogP contribution is -2.51. The number of fused-ring (bicyclic) bond motifs is 1. The summed E-state index contributed by atoms with van der Waals surface area (Å²) in [6.45, 7) is 7.50. The van der Waals surface area contributed by atoms with Crippen molar-refractivity contribution in [3.63, 3.8) is 0 Å². The summed E-state index contributed by atoms with van der Waals surface area (Å²) in [6, 6.07) is 6.43. The second-order valence-corrected chi connectivity index (χ2v) is 9.00. The standard InChI is InChI=1S/C25H22F4N6O/c1-14(2)34-11-17(10-31-34)20-8-9-30-22-21(16-4-6-18(7-5-16)25(27,28)29)32-35(23(20)22)19-12-33(13-19)24(36)15(3)26/h4-11,14,19H,3,12-13H2,1-2H3. The van der Waals surface area contributed by atoms with Crippen LogP contribution in [-0.2, 0) is 11.0 Å². The first-order valence-corrected chi connectivity index (χ1v) is 11.3. The summed E-state index contributed by atoms with van der Waals surface area (Å²) in [5.41, 5.74) is 2.90. The molecular weight excluding hydrogens is 476 g/mol. The van der Waals surface area contributed by atoms with Crippen molar-refractivity contribution in [3.8, 4) is 22.4 Å². The number of rotatable bonds is 5. The Labute approximate surface area is 203 Å². The zero-order chi connectivity index (χ0) is 25.8. The predicted molar refractivity (Wildman–Crippen MR) is 125 cm³/mol. The van der Waals surface area contributed by atoms with Gasteiger partial charge < -0.3 is 4.90 Å². The van der Waals surface area contributed by atoms with E-state index in [1.165, 1.54) is 17.0 Å². The third-order valence-electron chi connectivity index (χ3n) is 6.24. The molecule has 3 aromatic heterocycles. The van der Waals surface area contributed by atoms with Crippen molar-refractivity contribution in [1.29, 1.82) is 0 Å². The van der Waals surface area contributed by atoms with E-state index < -0.39 is 23.5 Å². The highest BCUT2D eigenvalue weighted by atomic mass is 19.4. The van der Waals surface area contributed by atoms with Gasteiger partial charge in [-0.3, -0.25) is 19.1 Å². The minimum atomic E-state index is -4.45. The van der Waals surface area contributed by atoms with E-state index in [4.69, 9.17) is 5.10 Å². The van der Waals surface area contributed by atoms with Gasteiger partial charge in [0.25, 0.3) is 5.91 Å². The number of carbonyl (C=O) groups is 1. The van der Waals surface area contributed by atoms with Crippen LogP contribution in [0.25, 0.3) is 33.4 Å². The highest BCUT2D eigenvalue weighted by molar-refractivity contribution is 5.99. The molecule has 1 amide bonds. The van der Waals surface area contributed by atoms with Crippen LogP contribution in [0, 0.1) is 0 Å². The summed E-state index contributed by atoms with van der Waals surface area (Å²) in [5.74, 6) is -1.81. The van der Waals surface area contributed by atoms with Crippen molar-refractivity contribution < 1.29 is 22.4 Å². The average molecular weight is 498 g/mol. The minimum Gasteiger partial charge on any atom is -0.332 e. The molecule has 1 aliphatic heterocycles. The summed E-state index contributed by atoms with van der Waals surface area (Å²) in [4.78, 5) is 17.8. The fraction of sp³-hybridized carbons (Fsp3) is 0.280. The van der Waals surface area contributed by atoms with Crippen LogP contribution in [-0.4, -0.2) is 48.4 Å². The summed E-state index contributed by atoms with van der Waals surface area (Å²) >= 11 is 0. The molecule has 36 heavy (non-hydrogen) atoms. The van der Waals surface area contributed by atoms with Gasteiger partial charge in [-0.2, -0.15) is 23.4 Å². The van der Waals surface area contributed by atoms with Crippen molar-refractivity contribution in [2.45, 2.75) is 32.1 Å². The van der Waals surface area contributed by atoms with E-state index in [0.717, 1.165) is 23.3 Å². The number of halogens is 4. The van der Waals surface area contributed by atoms with E-state index in [0.29, 0.717) is 22.3 Å². The van der Waals surface area contributed by atoms with Crippen molar-refractivity contribution in [2.24, 2.45) is 0 Å². The molecule has 0 N–H and O–H groups in total. The Kier molecular flexibility index (Phi) is 5.65. The van der Waals surface area contributed by atoms with Crippen LogP contribution in [0.1, 0.15) is 31.5 Å². The number of carbonyl (C=O) groups excluding carboxylic acids is 1. The van der Waals surface area contributed by atoms with Gasteiger partial charge in [-0.25, -0.2) is 4.39 Å². The molecule has 1 saturated heterocycles. The summed E-state index contributed by atoms with van der Waals surface area (Å²) in [7, 11) is 0. The van der Waals surface area contributed by atoms with Gasteiger partial charge in [0, 0.05) is 48.2 Å². The first kappa shape index (κ1) is 23.7. The molecule has 7 nitrogen and oxygen atoms in total. The number of aromatic nitrogens is 5. The van der Waals surface area contributed by atoms with Gasteiger partial charge in [0.15, 0.2) is 5.83 Å². The van der Waals surface area contributed by atoms with Gasteiger partial charge >= 0.3 is 6.18 Å². The monoisotopic (exact) mass is 498 g/mol. The van der Waals surface area contributed by atoms with E-state index in [-0.39, 0.29) is 25.2 Å². The molecule has 1 fully saturated rings. The molecule has 4 heterocycles. The van der Waals surface area contributed by atoms with Crippen LogP contribution in [0.5, 0.6) is 0 Å². The zero-order valence-corrected chi connectivity index (χ0v) is 19.5. The average Bonchev–Trinajstić information content (AvgIpc) is 3.43. The Morgan fingerprint density at radius 2 is 1.81 bits per heavy atom. The molecule has 11 heteroatoms. The number of likely N-dealkylation sites (tertiary alicyclic amines) is 1. The third kappa shape index (κ3) is 4.04. The lowest BCUT2D eigenvalue weighted by molar-refractivity contribution is -0.137. The minimum absolute atomic E-state index is 0.142. The second-order valence-electron chi connectivity index (χ2n) is 9.00.